The predicted molar refractivity (Wildman–Crippen MR) is 195 cm³/mol. The predicted octanol–water partition coefficient (Wildman–Crippen LogP) is 6.02. The van der Waals surface area contributed by atoms with Crippen LogP contribution in [-0.4, -0.2) is 77.6 Å². The molecule has 0 aliphatic carbocycles. The van der Waals surface area contributed by atoms with Gasteiger partial charge in [-0.15, -0.1) is 0 Å². The van der Waals surface area contributed by atoms with Gasteiger partial charge in [-0.2, -0.15) is 0 Å². The van der Waals surface area contributed by atoms with E-state index in [0.717, 1.165) is 38.5 Å². The molecule has 10 heteroatoms. The second-order valence-electron chi connectivity index (χ2n) is 11.5. The van der Waals surface area contributed by atoms with E-state index in [2.05, 4.69) is 78.3 Å². The third-order valence-electron chi connectivity index (χ3n) is 6.04. The fourth-order valence-electron chi connectivity index (χ4n) is 3.69. The molecule has 2 atom stereocenters. The van der Waals surface area contributed by atoms with Crippen molar-refractivity contribution in [3.8, 4) is 0 Å². The Balaban J connectivity index is 4.14. The second-order valence-corrected chi connectivity index (χ2v) is 14.5. The van der Waals surface area contributed by atoms with Crippen molar-refractivity contribution < 1.29 is 19.5 Å². The Bertz CT molecular complexity index is 1000. The number of allylic oxidation sites excluding steroid dienone is 12. The van der Waals surface area contributed by atoms with E-state index in [4.69, 9.17) is 5.73 Å². The van der Waals surface area contributed by atoms with Crippen molar-refractivity contribution in [1.82, 2.24) is 15.5 Å². The highest BCUT2D eigenvalue weighted by Gasteiger charge is 2.24. The van der Waals surface area contributed by atoms with E-state index in [1.165, 1.54) is 21.6 Å². The molecule has 8 nitrogen and oxygen atoms in total. The SMILES string of the molecule is CC/C=C\C/C=C\C/C=C\C/C=C\C/C=C\C/C=C\CCC(=O)N[C@@H](CSSC(C)(C)CNC(=O)CC(O)CN(C)C)C(N)=O. The molecule has 0 aliphatic heterocycles. The van der Waals surface area contributed by atoms with Crippen LogP contribution in [0.4, 0.5) is 0 Å². The van der Waals surface area contributed by atoms with E-state index in [-0.39, 0.29) is 29.4 Å². The molecule has 0 spiro atoms. The largest absolute Gasteiger partial charge is 0.391 e. The summed E-state index contributed by atoms with van der Waals surface area (Å²) in [6.45, 7) is 6.92. The van der Waals surface area contributed by atoms with Gasteiger partial charge in [-0.05, 0) is 72.9 Å². The van der Waals surface area contributed by atoms with Crippen molar-refractivity contribution in [3.63, 3.8) is 0 Å². The van der Waals surface area contributed by atoms with Crippen LogP contribution in [0.5, 0.6) is 0 Å². The maximum Gasteiger partial charge on any atom is 0.240 e. The van der Waals surface area contributed by atoms with Crippen LogP contribution in [0, 0.1) is 0 Å². The molecule has 0 aromatic rings. The maximum atomic E-state index is 12.4. The molecule has 0 bridgehead atoms. The topological polar surface area (TPSA) is 125 Å². The van der Waals surface area contributed by atoms with Gasteiger partial charge in [0, 0.05) is 30.0 Å². The first-order valence-corrected chi connectivity index (χ1v) is 18.2. The number of primary amides is 1. The van der Waals surface area contributed by atoms with Crippen molar-refractivity contribution in [2.75, 3.05) is 32.9 Å². The van der Waals surface area contributed by atoms with Crippen LogP contribution in [0.3, 0.4) is 0 Å². The summed E-state index contributed by atoms with van der Waals surface area (Å²) in [6.07, 6.45) is 31.6. The molecule has 0 heterocycles. The Kier molecular flexibility index (Phi) is 26.2. The molecule has 0 fully saturated rings. The molecule has 0 rings (SSSR count). The minimum Gasteiger partial charge on any atom is -0.391 e. The Morgan fingerprint density at radius 2 is 1.31 bits per heavy atom. The zero-order valence-electron chi connectivity index (χ0n) is 28.1. The normalized spacial score (nSPS) is 14.2. The number of nitrogens with two attached hydrogens (primary N) is 1. The monoisotopic (exact) mass is 662 g/mol. The molecule has 45 heavy (non-hydrogen) atoms. The third-order valence-corrected chi connectivity index (χ3v) is 9.34. The molecular formula is C35H58N4O4S2. The molecule has 0 radical (unpaired) electrons. The van der Waals surface area contributed by atoms with Gasteiger partial charge in [0.25, 0.3) is 0 Å². The first-order valence-electron chi connectivity index (χ1n) is 15.9. The summed E-state index contributed by atoms with van der Waals surface area (Å²) in [7, 11) is 6.61. The molecule has 0 saturated heterocycles. The van der Waals surface area contributed by atoms with Gasteiger partial charge >= 0.3 is 0 Å². The molecule has 0 aromatic heterocycles. The van der Waals surface area contributed by atoms with Crippen molar-refractivity contribution in [2.45, 2.75) is 95.5 Å². The van der Waals surface area contributed by atoms with Gasteiger partial charge < -0.3 is 26.4 Å². The average molecular weight is 663 g/mol. The number of nitrogens with zero attached hydrogens (tertiary/aromatic N) is 1. The summed E-state index contributed by atoms with van der Waals surface area (Å²) in [5, 5.41) is 15.5. The highest BCUT2D eigenvalue weighted by Crippen LogP contribution is 2.35. The van der Waals surface area contributed by atoms with E-state index in [0.29, 0.717) is 25.3 Å². The van der Waals surface area contributed by atoms with Crippen LogP contribution in [0.1, 0.15) is 78.6 Å². The minimum atomic E-state index is -0.771. The molecule has 0 aliphatic rings. The van der Waals surface area contributed by atoms with E-state index in [1.807, 2.05) is 45.0 Å². The minimum absolute atomic E-state index is 0.0421. The number of carbonyl (C=O) groups is 3. The fourth-order valence-corrected chi connectivity index (χ4v) is 6.34. The second kappa shape index (κ2) is 27.8. The van der Waals surface area contributed by atoms with Crippen LogP contribution >= 0.6 is 21.6 Å². The zero-order valence-corrected chi connectivity index (χ0v) is 29.7. The third kappa shape index (κ3) is 28.7. The summed E-state index contributed by atoms with van der Waals surface area (Å²) < 4.78 is -0.324. The number of carbonyl (C=O) groups excluding carboxylic acids is 3. The Morgan fingerprint density at radius 1 is 0.822 bits per heavy atom. The molecule has 254 valence electrons. The van der Waals surface area contributed by atoms with Gasteiger partial charge in [0.15, 0.2) is 0 Å². The van der Waals surface area contributed by atoms with Crippen molar-refractivity contribution in [1.29, 1.82) is 0 Å². The fraction of sp³-hybridized carbons (Fsp3) is 0.571. The lowest BCUT2D eigenvalue weighted by Crippen LogP contribution is -2.46. The number of rotatable bonds is 26. The van der Waals surface area contributed by atoms with Gasteiger partial charge in [-0.25, -0.2) is 0 Å². The lowest BCUT2D eigenvalue weighted by molar-refractivity contribution is -0.126. The lowest BCUT2D eigenvalue weighted by atomic mass is 10.2. The highest BCUT2D eigenvalue weighted by molar-refractivity contribution is 8.77. The maximum absolute atomic E-state index is 12.4. The standard InChI is InChI=1S/C35H58N4O4S2/c1-6-7-8-9-10-11-12-13-14-15-16-17-18-19-20-21-22-23-24-25-32(41)38-31(34(36)43)28-44-45-35(2,3)29-37-33(42)26-30(40)27-39(4)5/h7-8,10-11,13-14,16-17,19-20,22-23,30-31,40H,6,9,12,15,18,21,24-29H2,1-5H3,(H2,36,43)(H,37,42)(H,38,41)/b8-7-,11-10-,14-13-,17-16-,20-19-,23-22-/t30?,31-/m0/s1. The Hall–Kier alpha value is -2.53. The van der Waals surface area contributed by atoms with Crippen LogP contribution < -0.4 is 16.4 Å². The molecule has 3 amide bonds. The number of amides is 3. The first kappa shape index (κ1) is 42.5. The van der Waals surface area contributed by atoms with E-state index >= 15 is 0 Å². The smallest absolute Gasteiger partial charge is 0.240 e. The average Bonchev–Trinajstić information content (AvgIpc) is 2.96. The first-order chi connectivity index (χ1) is 21.5. The van der Waals surface area contributed by atoms with Gasteiger partial charge in [0.05, 0.1) is 12.5 Å². The number of hydrogen-bond donors (Lipinski definition) is 4. The summed E-state index contributed by atoms with van der Waals surface area (Å²) >= 11 is 0. The summed E-state index contributed by atoms with van der Waals surface area (Å²) in [5.74, 6) is -0.680. The molecular weight excluding hydrogens is 605 g/mol. The van der Waals surface area contributed by atoms with E-state index in [1.54, 1.807) is 0 Å². The van der Waals surface area contributed by atoms with Crippen molar-refractivity contribution >= 4 is 39.3 Å². The molecule has 0 aromatic carbocycles. The number of hydrogen-bond acceptors (Lipinski definition) is 7. The number of aliphatic hydroxyl groups excluding tert-OH is 1. The van der Waals surface area contributed by atoms with Gasteiger partial charge in [0.1, 0.15) is 6.04 Å². The Labute approximate surface area is 280 Å². The van der Waals surface area contributed by atoms with Crippen LogP contribution in [0.2, 0.25) is 0 Å². The number of nitrogens with one attached hydrogen (secondary N) is 2. The quantitative estimate of drug-likeness (QED) is 0.0659. The lowest BCUT2D eigenvalue weighted by Gasteiger charge is -2.25. The van der Waals surface area contributed by atoms with Gasteiger partial charge in [0.2, 0.25) is 17.7 Å². The molecule has 5 N–H and O–H groups in total. The highest BCUT2D eigenvalue weighted by atomic mass is 33.1. The van der Waals surface area contributed by atoms with Crippen LogP contribution in [0.15, 0.2) is 72.9 Å². The molecule has 0 saturated carbocycles. The van der Waals surface area contributed by atoms with Crippen molar-refractivity contribution in [2.24, 2.45) is 5.73 Å². The zero-order chi connectivity index (χ0) is 33.8. The Morgan fingerprint density at radius 3 is 1.78 bits per heavy atom. The van der Waals surface area contributed by atoms with Crippen molar-refractivity contribution in [3.05, 3.63) is 72.9 Å². The van der Waals surface area contributed by atoms with Crippen LogP contribution in [-0.2, 0) is 14.4 Å². The van der Waals surface area contributed by atoms with Crippen LogP contribution in [0.25, 0.3) is 0 Å². The van der Waals surface area contributed by atoms with Gasteiger partial charge in [-0.1, -0.05) is 101 Å². The van der Waals surface area contributed by atoms with E-state index < -0.39 is 18.1 Å². The van der Waals surface area contributed by atoms with E-state index in [9.17, 15) is 19.5 Å². The molecule has 1 unspecified atom stereocenters. The summed E-state index contributed by atoms with van der Waals surface area (Å²) in [6, 6.07) is -0.771. The summed E-state index contributed by atoms with van der Waals surface area (Å²) in [5.41, 5.74) is 5.52. The number of likely N-dealkylation sites (N-methyl/N-ethyl adjacent to an activating group) is 1. The number of aliphatic hydroxyl groups is 1. The van der Waals surface area contributed by atoms with Gasteiger partial charge in [-0.3, -0.25) is 14.4 Å². The summed E-state index contributed by atoms with van der Waals surface area (Å²) in [4.78, 5) is 38.2.